The summed E-state index contributed by atoms with van der Waals surface area (Å²) in [6, 6.07) is 10.6. The minimum absolute atomic E-state index is 0.0540. The first-order valence-electron chi connectivity index (χ1n) is 8.17. The van der Waals surface area contributed by atoms with E-state index in [0.717, 1.165) is 18.5 Å². The summed E-state index contributed by atoms with van der Waals surface area (Å²) >= 11 is 11.8. The Morgan fingerprint density at radius 2 is 1.96 bits per heavy atom. The third-order valence-electron chi connectivity index (χ3n) is 4.20. The van der Waals surface area contributed by atoms with Gasteiger partial charge in [0.2, 0.25) is 5.91 Å². The van der Waals surface area contributed by atoms with Gasteiger partial charge in [0.05, 0.1) is 5.02 Å². The number of benzene rings is 2. The molecule has 0 saturated carbocycles. The Bertz CT molecular complexity index is 855. The zero-order valence-electron chi connectivity index (χ0n) is 14.2. The maximum Gasteiger partial charge on any atom is 0.262 e. The van der Waals surface area contributed by atoms with Gasteiger partial charge in [-0.05, 0) is 47.9 Å². The molecule has 2 aromatic rings. The van der Waals surface area contributed by atoms with Crippen LogP contribution in [0.4, 0.5) is 5.69 Å². The fourth-order valence-corrected chi connectivity index (χ4v) is 3.30. The third kappa shape index (κ3) is 4.48. The van der Waals surface area contributed by atoms with Gasteiger partial charge >= 0.3 is 0 Å². The van der Waals surface area contributed by atoms with Crippen LogP contribution in [0.2, 0.25) is 10.0 Å². The van der Waals surface area contributed by atoms with Crippen LogP contribution in [0.25, 0.3) is 0 Å². The summed E-state index contributed by atoms with van der Waals surface area (Å²) in [6.45, 7) is 2.68. The van der Waals surface area contributed by atoms with Gasteiger partial charge in [-0.25, -0.2) is 0 Å². The Morgan fingerprint density at radius 3 is 2.69 bits per heavy atom. The van der Waals surface area contributed by atoms with E-state index in [2.05, 4.69) is 5.32 Å². The number of rotatable bonds is 4. The van der Waals surface area contributed by atoms with Gasteiger partial charge in [0.1, 0.15) is 5.75 Å². The first kappa shape index (κ1) is 18.5. The molecule has 0 atom stereocenters. The summed E-state index contributed by atoms with van der Waals surface area (Å²) in [5.74, 6) is 0.155. The number of hydrogen-bond donors (Lipinski definition) is 1. The first-order valence-corrected chi connectivity index (χ1v) is 8.93. The number of anilines is 1. The van der Waals surface area contributed by atoms with E-state index in [9.17, 15) is 9.59 Å². The molecule has 0 bridgehead atoms. The smallest absolute Gasteiger partial charge is 0.262 e. The average Bonchev–Trinajstić information content (AvgIpc) is 2.60. The van der Waals surface area contributed by atoms with E-state index in [0.29, 0.717) is 28.0 Å². The molecule has 0 aliphatic carbocycles. The van der Waals surface area contributed by atoms with Crippen LogP contribution in [0.1, 0.15) is 18.1 Å². The van der Waals surface area contributed by atoms with Crippen molar-refractivity contribution in [2.24, 2.45) is 0 Å². The zero-order chi connectivity index (χ0) is 18.7. The molecule has 1 N–H and O–H groups in total. The van der Waals surface area contributed by atoms with Crippen molar-refractivity contribution < 1.29 is 14.3 Å². The molecule has 1 aliphatic rings. The van der Waals surface area contributed by atoms with E-state index < -0.39 is 0 Å². The second-order valence-electron chi connectivity index (χ2n) is 6.09. The number of hydrogen-bond acceptors (Lipinski definition) is 3. The van der Waals surface area contributed by atoms with Gasteiger partial charge < -0.3 is 15.0 Å². The average molecular weight is 393 g/mol. The van der Waals surface area contributed by atoms with E-state index in [4.69, 9.17) is 27.9 Å². The van der Waals surface area contributed by atoms with Crippen LogP contribution in [0.3, 0.4) is 0 Å². The molecule has 0 unspecified atom stereocenters. The lowest BCUT2D eigenvalue weighted by atomic mass is 9.99. The van der Waals surface area contributed by atoms with Gasteiger partial charge in [0, 0.05) is 30.7 Å². The molecule has 0 fully saturated rings. The molecule has 2 amide bonds. The SMILES string of the molecule is CC(=O)N1CCc2ccc(NC(=O)COc3ccc(Cl)cc3Cl)cc2C1. The topological polar surface area (TPSA) is 58.6 Å². The molecule has 26 heavy (non-hydrogen) atoms. The highest BCUT2D eigenvalue weighted by Crippen LogP contribution is 2.27. The van der Waals surface area contributed by atoms with Crippen LogP contribution < -0.4 is 10.1 Å². The van der Waals surface area contributed by atoms with Crippen molar-refractivity contribution in [2.75, 3.05) is 18.5 Å². The third-order valence-corrected chi connectivity index (χ3v) is 4.73. The lowest BCUT2D eigenvalue weighted by molar-refractivity contribution is -0.129. The summed E-state index contributed by atoms with van der Waals surface area (Å²) < 4.78 is 5.43. The van der Waals surface area contributed by atoms with Gasteiger partial charge in [-0.1, -0.05) is 29.3 Å². The van der Waals surface area contributed by atoms with Crippen LogP contribution in [-0.2, 0) is 22.6 Å². The maximum atomic E-state index is 12.1. The standard InChI is InChI=1S/C19H18Cl2N2O3/c1-12(24)23-7-6-13-2-4-16(8-14(13)10-23)22-19(25)11-26-18-5-3-15(20)9-17(18)21/h2-5,8-9H,6-7,10-11H2,1H3,(H,22,25). The molecule has 1 aliphatic heterocycles. The Kier molecular flexibility index (Phi) is 5.69. The fraction of sp³-hybridized carbons (Fsp3) is 0.263. The van der Waals surface area contributed by atoms with E-state index in [-0.39, 0.29) is 18.4 Å². The molecule has 7 heteroatoms. The number of halogens is 2. The minimum atomic E-state index is -0.296. The summed E-state index contributed by atoms with van der Waals surface area (Å²) in [5.41, 5.74) is 2.92. The number of amides is 2. The summed E-state index contributed by atoms with van der Waals surface area (Å²) in [5, 5.41) is 3.65. The predicted molar refractivity (Wildman–Crippen MR) is 102 cm³/mol. The molecule has 136 valence electrons. The maximum absolute atomic E-state index is 12.1. The fourth-order valence-electron chi connectivity index (χ4n) is 2.84. The molecule has 5 nitrogen and oxygen atoms in total. The van der Waals surface area contributed by atoms with E-state index >= 15 is 0 Å². The van der Waals surface area contributed by atoms with Crippen molar-refractivity contribution in [3.05, 3.63) is 57.6 Å². The zero-order valence-corrected chi connectivity index (χ0v) is 15.7. The Hall–Kier alpha value is -2.24. The minimum Gasteiger partial charge on any atom is -0.482 e. The lowest BCUT2D eigenvalue weighted by Crippen LogP contribution is -2.34. The van der Waals surface area contributed by atoms with Crippen molar-refractivity contribution >= 4 is 40.7 Å². The highest BCUT2D eigenvalue weighted by Gasteiger charge is 2.18. The second kappa shape index (κ2) is 7.98. The number of nitrogens with zero attached hydrogens (tertiary/aromatic N) is 1. The number of carbonyl (C=O) groups excluding carboxylic acids is 2. The molecule has 0 saturated heterocycles. The Labute approximate surface area is 161 Å². The van der Waals surface area contributed by atoms with E-state index in [1.807, 2.05) is 18.2 Å². The monoisotopic (exact) mass is 392 g/mol. The van der Waals surface area contributed by atoms with Gasteiger partial charge in [-0.2, -0.15) is 0 Å². The van der Waals surface area contributed by atoms with Gasteiger partial charge in [-0.3, -0.25) is 9.59 Å². The molecule has 0 aromatic heterocycles. The summed E-state index contributed by atoms with van der Waals surface area (Å²) in [4.78, 5) is 25.5. The highest BCUT2D eigenvalue weighted by molar-refractivity contribution is 6.35. The number of fused-ring (bicyclic) bond motifs is 1. The Balaban J connectivity index is 1.61. The molecule has 1 heterocycles. The molecule has 0 spiro atoms. The van der Waals surface area contributed by atoms with Crippen molar-refractivity contribution in [3.8, 4) is 5.75 Å². The summed E-state index contributed by atoms with van der Waals surface area (Å²) in [6.07, 6.45) is 0.821. The number of carbonyl (C=O) groups is 2. The number of nitrogens with one attached hydrogen (secondary N) is 1. The van der Waals surface area contributed by atoms with E-state index in [1.165, 1.54) is 5.56 Å². The molecule has 2 aromatic carbocycles. The summed E-state index contributed by atoms with van der Waals surface area (Å²) in [7, 11) is 0. The Morgan fingerprint density at radius 1 is 1.15 bits per heavy atom. The van der Waals surface area contributed by atoms with Gasteiger partial charge in [0.25, 0.3) is 5.91 Å². The molecular formula is C19H18Cl2N2O3. The van der Waals surface area contributed by atoms with Crippen molar-refractivity contribution in [3.63, 3.8) is 0 Å². The van der Waals surface area contributed by atoms with Crippen LogP contribution in [-0.4, -0.2) is 29.9 Å². The quantitative estimate of drug-likeness (QED) is 0.857. The highest BCUT2D eigenvalue weighted by atomic mass is 35.5. The van der Waals surface area contributed by atoms with Crippen molar-refractivity contribution in [1.82, 2.24) is 4.90 Å². The van der Waals surface area contributed by atoms with Crippen LogP contribution in [0, 0.1) is 0 Å². The predicted octanol–water partition coefficient (Wildman–Crippen LogP) is 3.92. The van der Waals surface area contributed by atoms with Crippen LogP contribution >= 0.6 is 23.2 Å². The second-order valence-corrected chi connectivity index (χ2v) is 6.93. The molecule has 0 radical (unpaired) electrons. The van der Waals surface area contributed by atoms with Crippen LogP contribution in [0.15, 0.2) is 36.4 Å². The normalized spacial score (nSPS) is 13.1. The first-order chi connectivity index (χ1) is 12.4. The van der Waals surface area contributed by atoms with E-state index in [1.54, 1.807) is 30.0 Å². The molecule has 3 rings (SSSR count). The van der Waals surface area contributed by atoms with Gasteiger partial charge in [-0.15, -0.1) is 0 Å². The number of ether oxygens (including phenoxy) is 1. The van der Waals surface area contributed by atoms with Crippen LogP contribution in [0.5, 0.6) is 5.75 Å². The van der Waals surface area contributed by atoms with Gasteiger partial charge in [0.15, 0.2) is 6.61 Å². The lowest BCUT2D eigenvalue weighted by Gasteiger charge is -2.28. The van der Waals surface area contributed by atoms with Crippen molar-refractivity contribution in [1.29, 1.82) is 0 Å². The molecular weight excluding hydrogens is 375 g/mol. The van der Waals surface area contributed by atoms with Crippen molar-refractivity contribution in [2.45, 2.75) is 19.9 Å². The largest absolute Gasteiger partial charge is 0.482 e.